The van der Waals surface area contributed by atoms with Gasteiger partial charge in [-0.1, -0.05) is 91.0 Å². The molecule has 0 bridgehead atoms. The van der Waals surface area contributed by atoms with Gasteiger partial charge in [0.2, 0.25) is 0 Å². The summed E-state index contributed by atoms with van der Waals surface area (Å²) < 4.78 is 2.02. The molecule has 3 nitrogen and oxygen atoms in total. The van der Waals surface area contributed by atoms with E-state index in [1.807, 2.05) is 78.9 Å². The highest BCUT2D eigenvalue weighted by molar-refractivity contribution is 14.1. The van der Waals surface area contributed by atoms with Crippen LogP contribution in [-0.4, -0.2) is 11.8 Å². The fraction of sp³-hybridized carbons (Fsp3) is 0.0417. The molecular weight excluding hydrogens is 461 g/mol. The summed E-state index contributed by atoms with van der Waals surface area (Å²) in [6.07, 6.45) is 0. The maximum atomic E-state index is 13.2. The van der Waals surface area contributed by atoms with E-state index >= 15 is 0 Å². The minimum atomic E-state index is -0.166. The molecule has 4 aromatic rings. The molecule has 28 heavy (non-hydrogen) atoms. The van der Waals surface area contributed by atoms with Crippen molar-refractivity contribution in [2.45, 2.75) is 0 Å². The van der Waals surface area contributed by atoms with Gasteiger partial charge in [0, 0.05) is 16.7 Å². The van der Waals surface area contributed by atoms with Gasteiger partial charge < -0.3 is 4.84 Å². The third-order valence-corrected chi connectivity index (χ3v) is 5.64. The number of benzene rings is 3. The van der Waals surface area contributed by atoms with Crippen LogP contribution in [0.4, 0.5) is 0 Å². The lowest BCUT2D eigenvalue weighted by Gasteiger charge is -2.21. The highest BCUT2D eigenvalue weighted by atomic mass is 127. The van der Waals surface area contributed by atoms with Gasteiger partial charge in [0.15, 0.2) is 0 Å². The molecule has 0 unspecified atom stereocenters. The van der Waals surface area contributed by atoms with Gasteiger partial charge in [0.1, 0.15) is 7.11 Å². The van der Waals surface area contributed by atoms with Crippen molar-refractivity contribution in [1.29, 1.82) is 0 Å². The quantitative estimate of drug-likeness (QED) is 0.362. The van der Waals surface area contributed by atoms with Gasteiger partial charge in [-0.25, -0.2) is 0 Å². The van der Waals surface area contributed by atoms with Crippen molar-refractivity contribution in [2.24, 2.45) is 0 Å². The maximum absolute atomic E-state index is 13.2. The van der Waals surface area contributed by atoms with E-state index in [1.54, 1.807) is 0 Å². The van der Waals surface area contributed by atoms with Gasteiger partial charge in [-0.3, -0.25) is 4.79 Å². The van der Waals surface area contributed by atoms with Crippen LogP contribution in [0.25, 0.3) is 33.5 Å². The van der Waals surface area contributed by atoms with Crippen molar-refractivity contribution in [2.75, 3.05) is 7.11 Å². The monoisotopic (exact) mass is 479 g/mol. The van der Waals surface area contributed by atoms with E-state index < -0.39 is 0 Å². The highest BCUT2D eigenvalue weighted by Gasteiger charge is 2.24. The molecule has 0 spiro atoms. The van der Waals surface area contributed by atoms with Crippen molar-refractivity contribution in [3.8, 4) is 33.5 Å². The first-order chi connectivity index (χ1) is 13.7. The first-order valence-corrected chi connectivity index (χ1v) is 9.99. The minimum absolute atomic E-state index is 0.166. The normalized spacial score (nSPS) is 10.6. The summed E-state index contributed by atoms with van der Waals surface area (Å²) in [5.41, 5.74) is 5.44. The number of pyridine rings is 1. The smallest absolute Gasteiger partial charge is 0.297 e. The van der Waals surface area contributed by atoms with E-state index in [4.69, 9.17) is 4.84 Å². The molecule has 0 fully saturated rings. The predicted molar refractivity (Wildman–Crippen MR) is 122 cm³/mol. The molecule has 0 saturated heterocycles. The molecular formula is C24H18INO2. The number of nitrogens with zero attached hydrogens (tertiary/aromatic N) is 1. The largest absolute Gasteiger partial charge is 0.413 e. The van der Waals surface area contributed by atoms with E-state index in [0.29, 0.717) is 3.57 Å². The SMILES string of the molecule is COn1c(-c2ccccc2)c(-c2ccccc2)c(-c2ccccc2)c(I)c1=O. The van der Waals surface area contributed by atoms with Gasteiger partial charge in [0.25, 0.3) is 5.56 Å². The Balaban J connectivity index is 2.22. The zero-order valence-electron chi connectivity index (χ0n) is 15.3. The summed E-state index contributed by atoms with van der Waals surface area (Å²) in [6, 6.07) is 30.1. The van der Waals surface area contributed by atoms with Gasteiger partial charge >= 0.3 is 0 Å². The molecule has 0 aliphatic carbocycles. The molecule has 4 heteroatoms. The average Bonchev–Trinajstić information content (AvgIpc) is 2.77. The Morgan fingerprint density at radius 1 is 0.679 bits per heavy atom. The molecule has 138 valence electrons. The number of hydrogen-bond donors (Lipinski definition) is 0. The van der Waals surface area contributed by atoms with Crippen LogP contribution in [0.2, 0.25) is 0 Å². The minimum Gasteiger partial charge on any atom is -0.413 e. The number of halogens is 1. The third-order valence-electron chi connectivity index (χ3n) is 4.64. The fourth-order valence-corrected chi connectivity index (χ4v) is 4.22. The van der Waals surface area contributed by atoms with Crippen LogP contribution in [0, 0.1) is 3.57 Å². The zero-order valence-corrected chi connectivity index (χ0v) is 17.5. The Labute approximate surface area is 177 Å². The standard InChI is InChI=1S/C24H18INO2/c1-28-26-23(19-15-9-4-10-16-19)21(18-13-7-3-8-14-18)20(22(25)24(26)27)17-11-5-2-6-12-17/h2-16H,1H3. The Kier molecular flexibility index (Phi) is 5.30. The molecule has 3 aromatic carbocycles. The molecule has 0 aliphatic rings. The van der Waals surface area contributed by atoms with Gasteiger partial charge in [-0.2, -0.15) is 0 Å². The Bertz CT molecular complexity index is 1150. The molecule has 1 heterocycles. The van der Waals surface area contributed by atoms with Gasteiger partial charge in [-0.15, -0.1) is 4.73 Å². The van der Waals surface area contributed by atoms with Crippen molar-refractivity contribution in [1.82, 2.24) is 4.73 Å². The number of hydrogen-bond acceptors (Lipinski definition) is 2. The topological polar surface area (TPSA) is 31.2 Å². The Morgan fingerprint density at radius 3 is 1.57 bits per heavy atom. The van der Waals surface area contributed by atoms with Crippen molar-refractivity contribution in [3.05, 3.63) is 105 Å². The Hall–Kier alpha value is -2.86. The first-order valence-electron chi connectivity index (χ1n) is 8.91. The van der Waals surface area contributed by atoms with Crippen LogP contribution in [0.1, 0.15) is 0 Å². The van der Waals surface area contributed by atoms with E-state index in [9.17, 15) is 4.79 Å². The molecule has 4 rings (SSSR count). The molecule has 0 atom stereocenters. The van der Waals surface area contributed by atoms with Gasteiger partial charge in [0.05, 0.1) is 9.26 Å². The third kappa shape index (κ3) is 3.24. The summed E-state index contributed by atoms with van der Waals surface area (Å²) in [4.78, 5) is 18.8. The lowest BCUT2D eigenvalue weighted by Crippen LogP contribution is -2.30. The van der Waals surface area contributed by atoms with Crippen molar-refractivity contribution in [3.63, 3.8) is 0 Å². The summed E-state index contributed by atoms with van der Waals surface area (Å²) in [5.74, 6) is 0. The molecule has 1 aromatic heterocycles. The molecule has 0 N–H and O–H groups in total. The van der Waals surface area contributed by atoms with Crippen molar-refractivity contribution >= 4 is 22.6 Å². The molecule has 0 amide bonds. The van der Waals surface area contributed by atoms with Crippen LogP contribution in [0.5, 0.6) is 0 Å². The number of rotatable bonds is 4. The number of aromatic nitrogens is 1. The van der Waals surface area contributed by atoms with Crippen LogP contribution in [-0.2, 0) is 0 Å². The molecule has 0 aliphatic heterocycles. The van der Waals surface area contributed by atoms with E-state index in [0.717, 1.165) is 33.5 Å². The van der Waals surface area contributed by atoms with Crippen LogP contribution in [0.3, 0.4) is 0 Å². The maximum Gasteiger partial charge on any atom is 0.297 e. The van der Waals surface area contributed by atoms with Crippen LogP contribution < -0.4 is 10.4 Å². The second-order valence-corrected chi connectivity index (χ2v) is 7.37. The lowest BCUT2D eigenvalue weighted by molar-refractivity contribution is 0.161. The first kappa shape index (κ1) is 18.5. The van der Waals surface area contributed by atoms with E-state index in [-0.39, 0.29) is 5.56 Å². The summed E-state index contributed by atoms with van der Waals surface area (Å²) >= 11 is 2.13. The van der Waals surface area contributed by atoms with E-state index in [2.05, 4.69) is 34.7 Å². The summed E-state index contributed by atoms with van der Waals surface area (Å²) in [7, 11) is 1.53. The fourth-order valence-electron chi connectivity index (χ4n) is 3.42. The summed E-state index contributed by atoms with van der Waals surface area (Å²) in [5, 5.41) is 0. The van der Waals surface area contributed by atoms with Crippen LogP contribution in [0.15, 0.2) is 95.8 Å². The second-order valence-electron chi connectivity index (χ2n) is 6.29. The molecule has 0 radical (unpaired) electrons. The summed E-state index contributed by atoms with van der Waals surface area (Å²) in [6.45, 7) is 0. The Morgan fingerprint density at radius 2 is 1.11 bits per heavy atom. The molecule has 0 saturated carbocycles. The second kappa shape index (κ2) is 8.02. The average molecular weight is 479 g/mol. The van der Waals surface area contributed by atoms with Crippen LogP contribution >= 0.6 is 22.6 Å². The van der Waals surface area contributed by atoms with E-state index in [1.165, 1.54) is 11.8 Å². The zero-order chi connectivity index (χ0) is 19.5. The highest BCUT2D eigenvalue weighted by Crippen LogP contribution is 2.40. The predicted octanol–water partition coefficient (Wildman–Crippen LogP) is 5.51. The lowest BCUT2D eigenvalue weighted by atomic mass is 9.91. The van der Waals surface area contributed by atoms with Crippen molar-refractivity contribution < 1.29 is 4.84 Å². The van der Waals surface area contributed by atoms with Gasteiger partial charge in [-0.05, 0) is 33.7 Å².